The molecule has 0 aliphatic heterocycles. The van der Waals surface area contributed by atoms with Crippen LogP contribution in [-0.4, -0.2) is 17.9 Å². The maximum Gasteiger partial charge on any atom is 0.145 e. The molecule has 0 aromatic carbocycles. The van der Waals surface area contributed by atoms with Crippen molar-refractivity contribution in [1.82, 2.24) is 10.0 Å². The van der Waals surface area contributed by atoms with Crippen LogP contribution in [0.2, 0.25) is 0 Å². The number of nitrogens with one attached hydrogen (secondary N) is 3. The second kappa shape index (κ2) is 3.99. The highest BCUT2D eigenvalue weighted by molar-refractivity contribution is 7.92. The highest BCUT2D eigenvalue weighted by atomic mass is 32.2. The minimum atomic E-state index is -2.77. The van der Waals surface area contributed by atoms with Crippen molar-refractivity contribution in [3.05, 3.63) is 17.5 Å². The van der Waals surface area contributed by atoms with E-state index in [4.69, 9.17) is 4.78 Å². The van der Waals surface area contributed by atoms with Crippen LogP contribution in [0, 0.1) is 4.78 Å². The van der Waals surface area contributed by atoms with E-state index in [9.17, 15) is 4.21 Å². The van der Waals surface area contributed by atoms with E-state index in [1.807, 2.05) is 5.38 Å². The van der Waals surface area contributed by atoms with Crippen LogP contribution in [0.1, 0.15) is 0 Å². The summed E-state index contributed by atoms with van der Waals surface area (Å²) in [6.45, 7) is 0.375. The van der Waals surface area contributed by atoms with E-state index < -0.39 is 9.92 Å². The average molecular weight is 205 g/mol. The molecule has 1 heterocycles. The van der Waals surface area contributed by atoms with Gasteiger partial charge in [0.2, 0.25) is 0 Å². The molecule has 12 heavy (non-hydrogen) atoms. The zero-order chi connectivity index (χ0) is 9.03. The molecule has 1 aromatic rings. The minimum Gasteiger partial charge on any atom is -0.307 e. The van der Waals surface area contributed by atoms with E-state index >= 15 is 0 Å². The van der Waals surface area contributed by atoms with E-state index in [1.54, 1.807) is 19.2 Å². The standard InChI is InChI=1S/C6H11N3OS2/c1-8-5-9-12(7,10)6-3-2-4-11-6/h2-4,8H,5H2,1H3,(H2,7,9,10). The van der Waals surface area contributed by atoms with Gasteiger partial charge < -0.3 is 5.32 Å². The van der Waals surface area contributed by atoms with Gasteiger partial charge in [0.15, 0.2) is 0 Å². The second-order valence-electron chi connectivity index (χ2n) is 2.16. The first-order chi connectivity index (χ1) is 5.67. The fourth-order valence-corrected chi connectivity index (χ4v) is 2.77. The fourth-order valence-electron chi connectivity index (χ4n) is 0.672. The van der Waals surface area contributed by atoms with E-state index in [-0.39, 0.29) is 0 Å². The first kappa shape index (κ1) is 9.66. The molecule has 0 saturated heterocycles. The van der Waals surface area contributed by atoms with Gasteiger partial charge in [-0.3, -0.25) is 0 Å². The minimum absolute atomic E-state index is 0.375. The molecule has 0 saturated carbocycles. The molecule has 3 N–H and O–H groups in total. The number of hydrogen-bond acceptors (Lipinski definition) is 4. The van der Waals surface area contributed by atoms with Gasteiger partial charge in [0, 0.05) is 0 Å². The van der Waals surface area contributed by atoms with Crippen LogP contribution in [0.4, 0.5) is 0 Å². The van der Waals surface area contributed by atoms with Crippen LogP contribution in [0.3, 0.4) is 0 Å². The van der Waals surface area contributed by atoms with E-state index in [0.29, 0.717) is 10.9 Å². The summed E-state index contributed by atoms with van der Waals surface area (Å²) in [5.41, 5.74) is 0. The Morgan fingerprint density at radius 1 is 1.75 bits per heavy atom. The van der Waals surface area contributed by atoms with Crippen LogP contribution in [0.25, 0.3) is 0 Å². The third-order valence-corrected chi connectivity index (χ3v) is 4.14. The van der Waals surface area contributed by atoms with Crippen molar-refractivity contribution in [2.24, 2.45) is 0 Å². The van der Waals surface area contributed by atoms with Crippen LogP contribution >= 0.6 is 11.3 Å². The molecular weight excluding hydrogens is 194 g/mol. The summed E-state index contributed by atoms with van der Waals surface area (Å²) >= 11 is 1.33. The SMILES string of the molecule is CNCNS(=N)(=O)c1cccs1. The lowest BCUT2D eigenvalue weighted by molar-refractivity contribution is 0.656. The van der Waals surface area contributed by atoms with Gasteiger partial charge in [0.25, 0.3) is 0 Å². The topological polar surface area (TPSA) is 65.0 Å². The first-order valence-electron chi connectivity index (χ1n) is 3.38. The molecule has 6 heteroatoms. The summed E-state index contributed by atoms with van der Waals surface area (Å²) in [4.78, 5) is 0. The number of hydrogen-bond donors (Lipinski definition) is 3. The molecule has 1 unspecified atom stereocenters. The highest BCUT2D eigenvalue weighted by Gasteiger charge is 2.08. The molecule has 0 fully saturated rings. The Morgan fingerprint density at radius 3 is 3.00 bits per heavy atom. The van der Waals surface area contributed by atoms with Gasteiger partial charge in [-0.1, -0.05) is 6.07 Å². The molecule has 68 valence electrons. The zero-order valence-electron chi connectivity index (χ0n) is 6.66. The van der Waals surface area contributed by atoms with Gasteiger partial charge in [-0.15, -0.1) is 11.3 Å². The predicted molar refractivity (Wildman–Crippen MR) is 50.5 cm³/mol. The molecule has 1 rings (SSSR count). The van der Waals surface area contributed by atoms with Crippen LogP contribution in [0.15, 0.2) is 21.7 Å². The second-order valence-corrected chi connectivity index (χ2v) is 5.21. The summed E-state index contributed by atoms with van der Waals surface area (Å²) in [5.74, 6) is 0. The predicted octanol–water partition coefficient (Wildman–Crippen LogP) is 0.835. The molecule has 0 spiro atoms. The Bertz CT molecular complexity index is 317. The van der Waals surface area contributed by atoms with Gasteiger partial charge in [0.05, 0.1) is 6.67 Å². The zero-order valence-corrected chi connectivity index (χ0v) is 8.30. The summed E-state index contributed by atoms with van der Waals surface area (Å²) in [5, 5.41) is 4.59. The molecule has 0 bridgehead atoms. The molecule has 1 aromatic heterocycles. The van der Waals surface area contributed by atoms with Gasteiger partial charge in [-0.25, -0.2) is 13.7 Å². The third kappa shape index (κ3) is 2.28. The maximum atomic E-state index is 11.5. The Hall–Kier alpha value is -0.430. The lowest BCUT2D eigenvalue weighted by Crippen LogP contribution is -2.30. The first-order valence-corrected chi connectivity index (χ1v) is 5.82. The normalized spacial score (nSPS) is 15.8. The monoisotopic (exact) mass is 205 g/mol. The van der Waals surface area contributed by atoms with Crippen molar-refractivity contribution in [2.45, 2.75) is 4.21 Å². The van der Waals surface area contributed by atoms with Crippen LogP contribution in [-0.2, 0) is 9.92 Å². The van der Waals surface area contributed by atoms with Gasteiger partial charge >= 0.3 is 0 Å². The van der Waals surface area contributed by atoms with Crippen molar-refractivity contribution < 1.29 is 4.21 Å². The molecule has 1 atom stereocenters. The summed E-state index contributed by atoms with van der Waals surface area (Å²) < 4.78 is 22.2. The number of thiophene rings is 1. The van der Waals surface area contributed by atoms with Gasteiger partial charge in [0.1, 0.15) is 14.1 Å². The molecule has 0 radical (unpaired) electrons. The van der Waals surface area contributed by atoms with Crippen LogP contribution in [0.5, 0.6) is 0 Å². The van der Waals surface area contributed by atoms with Crippen molar-refractivity contribution in [1.29, 1.82) is 4.78 Å². The van der Waals surface area contributed by atoms with Crippen molar-refractivity contribution in [3.63, 3.8) is 0 Å². The largest absolute Gasteiger partial charge is 0.307 e. The van der Waals surface area contributed by atoms with Gasteiger partial charge in [-0.2, -0.15) is 0 Å². The summed E-state index contributed by atoms with van der Waals surface area (Å²) in [6.07, 6.45) is 0. The lowest BCUT2D eigenvalue weighted by atomic mass is 10.7. The average Bonchev–Trinajstić information content (AvgIpc) is 2.53. The maximum absolute atomic E-state index is 11.5. The van der Waals surface area contributed by atoms with E-state index in [2.05, 4.69) is 10.0 Å². The van der Waals surface area contributed by atoms with E-state index in [1.165, 1.54) is 11.3 Å². The highest BCUT2D eigenvalue weighted by Crippen LogP contribution is 2.15. The van der Waals surface area contributed by atoms with E-state index in [0.717, 1.165) is 0 Å². The molecule has 4 nitrogen and oxygen atoms in total. The van der Waals surface area contributed by atoms with Crippen molar-refractivity contribution >= 4 is 21.3 Å². The molecule has 0 aliphatic rings. The molecular formula is C6H11N3OS2. The fraction of sp³-hybridized carbons (Fsp3) is 0.333. The summed E-state index contributed by atoms with van der Waals surface area (Å²) in [6, 6.07) is 3.48. The molecule has 0 aliphatic carbocycles. The quantitative estimate of drug-likeness (QED) is 0.638. The van der Waals surface area contributed by atoms with Crippen molar-refractivity contribution in [3.8, 4) is 0 Å². The smallest absolute Gasteiger partial charge is 0.145 e. The Labute approximate surface area is 76.1 Å². The van der Waals surface area contributed by atoms with Crippen LogP contribution < -0.4 is 10.0 Å². The Kier molecular flexibility index (Phi) is 3.21. The Balaban J connectivity index is 2.74. The third-order valence-electron chi connectivity index (χ3n) is 1.23. The number of rotatable bonds is 4. The lowest BCUT2D eigenvalue weighted by Gasteiger charge is -2.05. The summed E-state index contributed by atoms with van der Waals surface area (Å²) in [7, 11) is -1.04. The molecule has 0 amide bonds. The van der Waals surface area contributed by atoms with Crippen molar-refractivity contribution in [2.75, 3.05) is 13.7 Å². The van der Waals surface area contributed by atoms with Gasteiger partial charge in [-0.05, 0) is 18.5 Å². The Morgan fingerprint density at radius 2 is 2.50 bits per heavy atom.